The van der Waals surface area contributed by atoms with Crippen molar-refractivity contribution in [1.29, 1.82) is 0 Å². The second-order valence-corrected chi connectivity index (χ2v) is 6.09. The van der Waals surface area contributed by atoms with Crippen LogP contribution in [0.3, 0.4) is 0 Å². The van der Waals surface area contributed by atoms with Gasteiger partial charge in [0.25, 0.3) is 5.91 Å². The fourth-order valence-electron chi connectivity index (χ4n) is 2.31. The van der Waals surface area contributed by atoms with E-state index in [0.717, 1.165) is 5.56 Å². The lowest BCUT2D eigenvalue weighted by Crippen LogP contribution is -2.30. The van der Waals surface area contributed by atoms with E-state index >= 15 is 0 Å². The van der Waals surface area contributed by atoms with Crippen LogP contribution in [0.15, 0.2) is 42.5 Å². The molecule has 27 heavy (non-hydrogen) atoms. The number of ether oxygens (including phenoxy) is 3. The summed E-state index contributed by atoms with van der Waals surface area (Å²) in [5.41, 5.74) is 1.49. The first-order valence-electron chi connectivity index (χ1n) is 8.47. The van der Waals surface area contributed by atoms with Gasteiger partial charge in [-0.25, -0.2) is 4.79 Å². The van der Waals surface area contributed by atoms with E-state index in [1.54, 1.807) is 49.6 Å². The van der Waals surface area contributed by atoms with Gasteiger partial charge < -0.3 is 19.5 Å². The van der Waals surface area contributed by atoms with Gasteiger partial charge in [-0.05, 0) is 44.2 Å². The van der Waals surface area contributed by atoms with Crippen molar-refractivity contribution < 1.29 is 23.8 Å². The van der Waals surface area contributed by atoms with E-state index < -0.39 is 18.0 Å². The third-order valence-corrected chi connectivity index (χ3v) is 4.09. The number of benzene rings is 2. The summed E-state index contributed by atoms with van der Waals surface area (Å²) in [6.07, 6.45) is -0.994. The minimum absolute atomic E-state index is 0.308. The first-order valence-corrected chi connectivity index (χ1v) is 8.85. The van der Waals surface area contributed by atoms with Crippen LogP contribution in [0.1, 0.15) is 29.8 Å². The highest BCUT2D eigenvalue weighted by Crippen LogP contribution is 2.23. The van der Waals surface area contributed by atoms with Crippen LogP contribution in [-0.4, -0.2) is 31.7 Å². The highest BCUT2D eigenvalue weighted by Gasteiger charge is 2.20. The Hall–Kier alpha value is -2.57. The third kappa shape index (κ3) is 5.70. The average molecular weight is 392 g/mol. The topological polar surface area (TPSA) is 73.9 Å². The van der Waals surface area contributed by atoms with Crippen molar-refractivity contribution in [3.63, 3.8) is 0 Å². The zero-order valence-corrected chi connectivity index (χ0v) is 16.2. The van der Waals surface area contributed by atoms with E-state index in [1.807, 2.05) is 6.92 Å². The number of para-hydroxylation sites is 1. The van der Waals surface area contributed by atoms with Crippen LogP contribution in [0.4, 0.5) is 5.69 Å². The number of anilines is 1. The number of halogens is 1. The molecule has 2 aromatic rings. The molecule has 1 amide bonds. The summed E-state index contributed by atoms with van der Waals surface area (Å²) in [5, 5.41) is 3.04. The molecule has 7 heteroatoms. The Morgan fingerprint density at radius 3 is 2.59 bits per heavy atom. The fraction of sp³-hybridized carbons (Fsp3) is 0.300. The molecule has 1 atom stereocenters. The van der Waals surface area contributed by atoms with Gasteiger partial charge in [0.05, 0.1) is 30.0 Å². The summed E-state index contributed by atoms with van der Waals surface area (Å²) in [6.45, 7) is 4.22. The van der Waals surface area contributed by atoms with E-state index in [4.69, 9.17) is 25.8 Å². The maximum absolute atomic E-state index is 12.4. The summed E-state index contributed by atoms with van der Waals surface area (Å²) < 4.78 is 15.9. The second-order valence-electron chi connectivity index (χ2n) is 5.68. The predicted octanol–water partition coefficient (Wildman–Crippen LogP) is 4.07. The number of carbonyl (C=O) groups excluding carboxylic acids is 2. The Morgan fingerprint density at radius 2 is 1.93 bits per heavy atom. The molecule has 2 aromatic carbocycles. The summed E-state index contributed by atoms with van der Waals surface area (Å²) in [4.78, 5) is 24.6. The van der Waals surface area contributed by atoms with Crippen molar-refractivity contribution in [3.8, 4) is 5.75 Å². The molecule has 0 bridgehead atoms. The Kier molecular flexibility index (Phi) is 7.64. The molecule has 0 spiro atoms. The first kappa shape index (κ1) is 20.7. The summed E-state index contributed by atoms with van der Waals surface area (Å²) >= 11 is 6.02. The minimum Gasteiger partial charge on any atom is -0.496 e. The van der Waals surface area contributed by atoms with Crippen LogP contribution in [0.2, 0.25) is 5.02 Å². The van der Waals surface area contributed by atoms with Gasteiger partial charge in [0.15, 0.2) is 6.10 Å². The average Bonchev–Trinajstić information content (AvgIpc) is 2.67. The van der Waals surface area contributed by atoms with E-state index in [0.29, 0.717) is 35.2 Å². The van der Waals surface area contributed by atoms with Crippen LogP contribution >= 0.6 is 11.6 Å². The normalized spacial score (nSPS) is 11.6. The van der Waals surface area contributed by atoms with Gasteiger partial charge >= 0.3 is 5.97 Å². The number of nitrogens with one attached hydrogen (secondary N) is 1. The van der Waals surface area contributed by atoms with E-state index in [9.17, 15) is 9.59 Å². The molecular formula is C20H22ClNO5. The van der Waals surface area contributed by atoms with Gasteiger partial charge in [0.1, 0.15) is 5.75 Å². The largest absolute Gasteiger partial charge is 0.496 e. The molecule has 0 aromatic heterocycles. The molecular weight excluding hydrogens is 370 g/mol. The molecule has 0 aliphatic carbocycles. The molecule has 1 unspecified atom stereocenters. The van der Waals surface area contributed by atoms with Gasteiger partial charge in [-0.3, -0.25) is 4.79 Å². The number of amides is 1. The lowest BCUT2D eigenvalue weighted by molar-refractivity contribution is -0.123. The number of hydrogen-bond donors (Lipinski definition) is 1. The Balaban J connectivity index is 2.05. The van der Waals surface area contributed by atoms with Crippen LogP contribution in [0, 0.1) is 0 Å². The number of hydrogen-bond acceptors (Lipinski definition) is 5. The van der Waals surface area contributed by atoms with Gasteiger partial charge in [0, 0.05) is 12.2 Å². The lowest BCUT2D eigenvalue weighted by Gasteiger charge is -2.15. The van der Waals surface area contributed by atoms with Crippen molar-refractivity contribution >= 4 is 29.2 Å². The summed E-state index contributed by atoms with van der Waals surface area (Å²) in [5.74, 6) is -0.471. The zero-order valence-electron chi connectivity index (χ0n) is 15.5. The fourth-order valence-corrected chi connectivity index (χ4v) is 2.49. The molecule has 0 aliphatic heterocycles. The predicted molar refractivity (Wildman–Crippen MR) is 103 cm³/mol. The quantitative estimate of drug-likeness (QED) is 0.686. The number of esters is 1. The van der Waals surface area contributed by atoms with Crippen LogP contribution < -0.4 is 10.1 Å². The monoisotopic (exact) mass is 391 g/mol. The van der Waals surface area contributed by atoms with Gasteiger partial charge in [-0.2, -0.15) is 0 Å². The zero-order chi connectivity index (χ0) is 19.8. The van der Waals surface area contributed by atoms with Crippen molar-refractivity contribution in [2.75, 3.05) is 19.0 Å². The summed E-state index contributed by atoms with van der Waals surface area (Å²) in [6, 6.07) is 11.7. The third-order valence-electron chi connectivity index (χ3n) is 3.76. The Morgan fingerprint density at radius 1 is 1.19 bits per heavy atom. The van der Waals surface area contributed by atoms with Crippen LogP contribution in [0.25, 0.3) is 0 Å². The first-order chi connectivity index (χ1) is 13.0. The van der Waals surface area contributed by atoms with Gasteiger partial charge in [-0.15, -0.1) is 0 Å². The molecule has 2 rings (SSSR count). The maximum Gasteiger partial charge on any atom is 0.338 e. The van der Waals surface area contributed by atoms with Gasteiger partial charge in [-0.1, -0.05) is 23.7 Å². The lowest BCUT2D eigenvalue weighted by atomic mass is 10.1. The van der Waals surface area contributed by atoms with E-state index in [1.165, 1.54) is 6.92 Å². The molecule has 144 valence electrons. The molecule has 0 aliphatic rings. The second kappa shape index (κ2) is 9.94. The molecule has 6 nitrogen and oxygen atoms in total. The summed E-state index contributed by atoms with van der Waals surface area (Å²) in [7, 11) is 1.55. The molecule has 0 radical (unpaired) electrons. The highest BCUT2D eigenvalue weighted by molar-refractivity contribution is 6.33. The van der Waals surface area contributed by atoms with Crippen molar-refractivity contribution in [2.24, 2.45) is 0 Å². The standard InChI is InChI=1S/C20H22ClNO5/c1-4-26-12-15-11-14(9-10-18(15)25-3)20(24)27-13(2)19(23)22-17-8-6-5-7-16(17)21/h5-11,13H,4,12H2,1-3H3,(H,22,23). The molecule has 0 saturated carbocycles. The van der Waals surface area contributed by atoms with Crippen molar-refractivity contribution in [1.82, 2.24) is 0 Å². The number of rotatable bonds is 8. The Bertz CT molecular complexity index is 809. The number of carbonyl (C=O) groups is 2. The number of methoxy groups -OCH3 is 1. The van der Waals surface area contributed by atoms with E-state index in [2.05, 4.69) is 5.32 Å². The van der Waals surface area contributed by atoms with Crippen molar-refractivity contribution in [3.05, 3.63) is 58.6 Å². The van der Waals surface area contributed by atoms with Gasteiger partial charge in [0.2, 0.25) is 0 Å². The highest BCUT2D eigenvalue weighted by atomic mass is 35.5. The van der Waals surface area contributed by atoms with E-state index in [-0.39, 0.29) is 0 Å². The van der Waals surface area contributed by atoms with Crippen LogP contribution in [0.5, 0.6) is 5.75 Å². The molecule has 1 N–H and O–H groups in total. The molecule has 0 fully saturated rings. The minimum atomic E-state index is -0.994. The van der Waals surface area contributed by atoms with Crippen molar-refractivity contribution in [2.45, 2.75) is 26.6 Å². The Labute approximate surface area is 163 Å². The molecule has 0 saturated heterocycles. The smallest absolute Gasteiger partial charge is 0.338 e. The SMILES string of the molecule is CCOCc1cc(C(=O)OC(C)C(=O)Nc2ccccc2Cl)ccc1OC. The molecule has 0 heterocycles. The van der Waals surface area contributed by atoms with Crippen LogP contribution in [-0.2, 0) is 20.9 Å². The maximum atomic E-state index is 12.4.